The topological polar surface area (TPSA) is 63.7 Å². The average molecular weight is 261 g/mol. The highest BCUT2D eigenvalue weighted by Crippen LogP contribution is 2.31. The van der Waals surface area contributed by atoms with E-state index in [-0.39, 0.29) is 18.1 Å². The molecule has 0 aliphatic carbocycles. The van der Waals surface area contributed by atoms with E-state index >= 15 is 0 Å². The Balaban J connectivity index is 2.32. The van der Waals surface area contributed by atoms with E-state index < -0.39 is 5.97 Å². The van der Waals surface area contributed by atoms with Gasteiger partial charge in [0.05, 0.1) is 7.11 Å². The molecule has 100 valence electrons. The van der Waals surface area contributed by atoms with Crippen LogP contribution in [0.15, 0.2) is 18.2 Å². The highest BCUT2D eigenvalue weighted by Gasteiger charge is 2.26. The lowest BCUT2D eigenvalue weighted by Crippen LogP contribution is -2.25. The van der Waals surface area contributed by atoms with Crippen molar-refractivity contribution in [3.8, 4) is 0 Å². The van der Waals surface area contributed by atoms with Gasteiger partial charge >= 0.3 is 5.97 Å². The molecule has 0 atom stereocenters. The van der Waals surface area contributed by atoms with Crippen molar-refractivity contribution in [2.75, 3.05) is 18.6 Å². The maximum Gasteiger partial charge on any atom is 0.313 e. The molecule has 0 unspecified atom stereocenters. The van der Waals surface area contributed by atoms with E-state index in [1.54, 1.807) is 17.0 Å². The zero-order valence-electron chi connectivity index (χ0n) is 10.9. The molecule has 0 saturated heterocycles. The fourth-order valence-electron chi connectivity index (χ4n) is 2.32. The number of hydrogen-bond acceptors (Lipinski definition) is 4. The Kier molecular flexibility index (Phi) is 3.64. The summed E-state index contributed by atoms with van der Waals surface area (Å²) < 4.78 is 4.50. The van der Waals surface area contributed by atoms with E-state index in [0.717, 1.165) is 11.3 Å². The minimum atomic E-state index is -0.552. The minimum Gasteiger partial charge on any atom is -0.469 e. The molecule has 1 aliphatic heterocycles. The first-order valence-corrected chi connectivity index (χ1v) is 6.04. The molecule has 2 rings (SSSR count). The van der Waals surface area contributed by atoms with Crippen LogP contribution in [-0.4, -0.2) is 31.3 Å². The van der Waals surface area contributed by atoms with E-state index in [4.69, 9.17) is 0 Å². The van der Waals surface area contributed by atoms with Crippen LogP contribution >= 0.6 is 0 Å². The van der Waals surface area contributed by atoms with E-state index in [1.165, 1.54) is 14.0 Å². The third kappa shape index (κ3) is 2.50. The molecule has 0 saturated carbocycles. The Labute approximate surface area is 111 Å². The number of amides is 1. The molecule has 0 N–H and O–H groups in total. The van der Waals surface area contributed by atoms with Crippen LogP contribution in [0.4, 0.5) is 5.69 Å². The Morgan fingerprint density at radius 2 is 2.05 bits per heavy atom. The number of anilines is 1. The fourth-order valence-corrected chi connectivity index (χ4v) is 2.32. The summed E-state index contributed by atoms with van der Waals surface area (Å²) in [5, 5.41) is 0. The van der Waals surface area contributed by atoms with Crippen LogP contribution in [0.1, 0.15) is 29.3 Å². The molecule has 19 heavy (non-hydrogen) atoms. The summed E-state index contributed by atoms with van der Waals surface area (Å²) >= 11 is 0. The minimum absolute atomic E-state index is 0.0451. The molecule has 1 amide bonds. The average Bonchev–Trinajstić information content (AvgIpc) is 2.81. The van der Waals surface area contributed by atoms with E-state index in [2.05, 4.69) is 4.74 Å². The second kappa shape index (κ2) is 5.22. The van der Waals surface area contributed by atoms with Crippen LogP contribution < -0.4 is 4.90 Å². The van der Waals surface area contributed by atoms with E-state index in [0.29, 0.717) is 18.5 Å². The van der Waals surface area contributed by atoms with Crippen LogP contribution in [-0.2, 0) is 20.7 Å². The molecule has 0 radical (unpaired) electrons. The highest BCUT2D eigenvalue weighted by atomic mass is 16.5. The van der Waals surface area contributed by atoms with Gasteiger partial charge in [0.15, 0.2) is 5.78 Å². The highest BCUT2D eigenvalue weighted by molar-refractivity contribution is 6.08. The number of rotatable bonds is 3. The molecule has 1 heterocycles. The molecular formula is C14H15NO4. The van der Waals surface area contributed by atoms with Crippen LogP contribution in [0.25, 0.3) is 0 Å². The van der Waals surface area contributed by atoms with Gasteiger partial charge in [0.25, 0.3) is 0 Å². The van der Waals surface area contributed by atoms with Crippen molar-refractivity contribution in [1.29, 1.82) is 0 Å². The summed E-state index contributed by atoms with van der Waals surface area (Å²) in [5.74, 6) is -0.866. The Morgan fingerprint density at radius 1 is 1.32 bits per heavy atom. The monoisotopic (exact) mass is 261 g/mol. The van der Waals surface area contributed by atoms with Gasteiger partial charge in [-0.1, -0.05) is 12.1 Å². The molecule has 0 fully saturated rings. The molecular weight excluding hydrogens is 246 g/mol. The van der Waals surface area contributed by atoms with Gasteiger partial charge in [-0.2, -0.15) is 0 Å². The number of benzene rings is 1. The quantitative estimate of drug-likeness (QED) is 0.468. The maximum atomic E-state index is 12.0. The standard InChI is InChI=1S/C14H15NO4/c1-9(16)15-7-6-10-11(4-3-5-12(10)15)13(17)8-14(18)19-2/h3-5H,6-8H2,1-2H3. The second-order valence-electron chi connectivity index (χ2n) is 4.40. The van der Waals surface area contributed by atoms with Crippen LogP contribution in [0.2, 0.25) is 0 Å². The lowest BCUT2D eigenvalue weighted by atomic mass is 9.99. The second-order valence-corrected chi connectivity index (χ2v) is 4.40. The molecule has 5 heteroatoms. The van der Waals surface area contributed by atoms with Gasteiger partial charge in [-0.05, 0) is 18.1 Å². The molecule has 0 aromatic heterocycles. The van der Waals surface area contributed by atoms with Gasteiger partial charge < -0.3 is 9.64 Å². The van der Waals surface area contributed by atoms with Crippen molar-refractivity contribution in [2.24, 2.45) is 0 Å². The Hall–Kier alpha value is -2.17. The number of hydrogen-bond donors (Lipinski definition) is 0. The summed E-state index contributed by atoms with van der Waals surface area (Å²) in [5.41, 5.74) is 2.11. The van der Waals surface area contributed by atoms with Gasteiger partial charge in [0.2, 0.25) is 5.91 Å². The van der Waals surface area contributed by atoms with Crippen molar-refractivity contribution >= 4 is 23.3 Å². The molecule has 0 spiro atoms. The zero-order chi connectivity index (χ0) is 14.0. The van der Waals surface area contributed by atoms with Gasteiger partial charge in [-0.3, -0.25) is 14.4 Å². The van der Waals surface area contributed by atoms with Crippen molar-refractivity contribution in [3.63, 3.8) is 0 Å². The summed E-state index contributed by atoms with van der Waals surface area (Å²) in [6.07, 6.45) is 0.366. The van der Waals surface area contributed by atoms with Crippen LogP contribution in [0.3, 0.4) is 0 Å². The number of Topliss-reactive ketones (excluding diaryl/α,β-unsaturated/α-hetero) is 1. The molecule has 1 aromatic carbocycles. The van der Waals surface area contributed by atoms with Crippen molar-refractivity contribution in [1.82, 2.24) is 0 Å². The van der Waals surface area contributed by atoms with Crippen LogP contribution in [0.5, 0.6) is 0 Å². The number of fused-ring (bicyclic) bond motifs is 1. The largest absolute Gasteiger partial charge is 0.469 e. The molecule has 1 aliphatic rings. The van der Waals surface area contributed by atoms with Crippen molar-refractivity contribution < 1.29 is 19.1 Å². The number of ketones is 1. The first-order valence-electron chi connectivity index (χ1n) is 6.04. The van der Waals surface area contributed by atoms with Gasteiger partial charge in [0, 0.05) is 24.7 Å². The molecule has 1 aromatic rings. The first-order chi connectivity index (χ1) is 9.04. The normalized spacial score (nSPS) is 13.1. The smallest absolute Gasteiger partial charge is 0.313 e. The van der Waals surface area contributed by atoms with Gasteiger partial charge in [-0.25, -0.2) is 0 Å². The zero-order valence-corrected chi connectivity index (χ0v) is 10.9. The lowest BCUT2D eigenvalue weighted by molar-refractivity contribution is -0.139. The lowest BCUT2D eigenvalue weighted by Gasteiger charge is -2.15. The van der Waals surface area contributed by atoms with E-state index in [9.17, 15) is 14.4 Å². The number of carbonyl (C=O) groups excluding carboxylic acids is 3. The van der Waals surface area contributed by atoms with E-state index in [1.807, 2.05) is 6.07 Å². The number of nitrogens with zero attached hydrogens (tertiary/aromatic N) is 1. The predicted molar refractivity (Wildman–Crippen MR) is 69.1 cm³/mol. The van der Waals surface area contributed by atoms with Gasteiger partial charge in [0.1, 0.15) is 6.42 Å². The third-order valence-corrected chi connectivity index (χ3v) is 3.24. The Bertz CT molecular complexity index is 550. The molecule has 5 nitrogen and oxygen atoms in total. The summed E-state index contributed by atoms with van der Waals surface area (Å²) in [4.78, 5) is 36.3. The number of ether oxygens (including phenoxy) is 1. The van der Waals surface area contributed by atoms with Crippen molar-refractivity contribution in [2.45, 2.75) is 19.8 Å². The summed E-state index contributed by atoms with van der Waals surface area (Å²) in [7, 11) is 1.25. The van der Waals surface area contributed by atoms with Crippen molar-refractivity contribution in [3.05, 3.63) is 29.3 Å². The summed E-state index contributed by atoms with van der Waals surface area (Å²) in [6, 6.07) is 5.23. The summed E-state index contributed by atoms with van der Waals surface area (Å²) in [6.45, 7) is 2.07. The van der Waals surface area contributed by atoms with Gasteiger partial charge in [-0.15, -0.1) is 0 Å². The maximum absolute atomic E-state index is 12.0. The number of esters is 1. The number of methoxy groups -OCH3 is 1. The molecule has 0 bridgehead atoms. The first kappa shape index (κ1) is 13.3. The van der Waals surface area contributed by atoms with Crippen LogP contribution in [0, 0.1) is 0 Å². The Morgan fingerprint density at radius 3 is 2.68 bits per heavy atom. The third-order valence-electron chi connectivity index (χ3n) is 3.24. The SMILES string of the molecule is COC(=O)CC(=O)c1cccc2c1CCN2C(C)=O. The predicted octanol–water partition coefficient (Wildman–Crippen LogP) is 1.34. The number of carbonyl (C=O) groups is 3. The fraction of sp³-hybridized carbons (Fsp3) is 0.357.